The molecular formula is C16H15N3O4. The normalized spacial score (nSPS) is 10.7. The summed E-state index contributed by atoms with van der Waals surface area (Å²) in [5.41, 5.74) is 1.64. The first-order valence-electron chi connectivity index (χ1n) is 6.88. The zero-order chi connectivity index (χ0) is 16.4. The first kappa shape index (κ1) is 14.8. The molecule has 0 radical (unpaired) electrons. The van der Waals surface area contributed by atoms with Crippen LogP contribution in [0.3, 0.4) is 0 Å². The Labute approximate surface area is 132 Å². The van der Waals surface area contributed by atoms with Gasteiger partial charge in [0, 0.05) is 17.1 Å². The summed E-state index contributed by atoms with van der Waals surface area (Å²) in [5, 5.41) is 14.0. The summed E-state index contributed by atoms with van der Waals surface area (Å²) < 4.78 is 12.4. The maximum absolute atomic E-state index is 11.0. The van der Waals surface area contributed by atoms with Crippen LogP contribution in [0.4, 0.5) is 0 Å². The van der Waals surface area contributed by atoms with E-state index in [4.69, 9.17) is 14.6 Å². The molecule has 0 atom stereocenters. The standard InChI is InChI=1S/C16H15N3O4/c1-22-13-5-3-4-10(14(13)23-2)9-19-15-11(8-18-19)6-12(7-17-15)16(20)21/h3-8H,9H2,1-2H3,(H,20,21). The summed E-state index contributed by atoms with van der Waals surface area (Å²) in [6.45, 7) is 0.434. The highest BCUT2D eigenvalue weighted by molar-refractivity contribution is 5.91. The molecule has 7 heteroatoms. The number of hydrogen-bond donors (Lipinski definition) is 1. The van der Waals surface area contributed by atoms with E-state index in [1.807, 2.05) is 18.2 Å². The van der Waals surface area contributed by atoms with Crippen molar-refractivity contribution in [2.45, 2.75) is 6.54 Å². The minimum Gasteiger partial charge on any atom is -0.493 e. The van der Waals surface area contributed by atoms with Crippen LogP contribution in [-0.4, -0.2) is 40.1 Å². The molecule has 0 spiro atoms. The van der Waals surface area contributed by atoms with Crippen molar-refractivity contribution in [2.75, 3.05) is 14.2 Å². The maximum atomic E-state index is 11.0. The lowest BCUT2D eigenvalue weighted by Crippen LogP contribution is -2.05. The van der Waals surface area contributed by atoms with E-state index in [1.54, 1.807) is 31.2 Å². The molecule has 0 bridgehead atoms. The quantitative estimate of drug-likeness (QED) is 0.777. The molecule has 0 fully saturated rings. The molecule has 3 rings (SSSR count). The molecule has 118 valence electrons. The van der Waals surface area contributed by atoms with Crippen LogP contribution in [0, 0.1) is 0 Å². The number of ether oxygens (including phenoxy) is 2. The molecule has 7 nitrogen and oxygen atoms in total. The van der Waals surface area contributed by atoms with Crippen LogP contribution in [0.5, 0.6) is 11.5 Å². The Kier molecular flexibility index (Phi) is 3.84. The van der Waals surface area contributed by atoms with Crippen molar-refractivity contribution in [1.82, 2.24) is 14.8 Å². The number of benzene rings is 1. The molecule has 0 aliphatic carbocycles. The van der Waals surface area contributed by atoms with Gasteiger partial charge in [-0.1, -0.05) is 12.1 Å². The Hall–Kier alpha value is -3.09. The van der Waals surface area contributed by atoms with E-state index in [9.17, 15) is 4.79 Å². The molecule has 0 unspecified atom stereocenters. The van der Waals surface area contributed by atoms with Gasteiger partial charge in [0.2, 0.25) is 0 Å². The molecule has 0 aliphatic rings. The Morgan fingerprint density at radius 2 is 2.09 bits per heavy atom. The largest absolute Gasteiger partial charge is 0.493 e. The third kappa shape index (κ3) is 2.68. The van der Waals surface area contributed by atoms with E-state index in [2.05, 4.69) is 10.1 Å². The topological polar surface area (TPSA) is 86.5 Å². The predicted octanol–water partition coefficient (Wildman–Crippen LogP) is 2.20. The van der Waals surface area contributed by atoms with E-state index in [0.717, 1.165) is 5.56 Å². The minimum absolute atomic E-state index is 0.135. The lowest BCUT2D eigenvalue weighted by Gasteiger charge is -2.12. The fourth-order valence-electron chi connectivity index (χ4n) is 2.44. The highest BCUT2D eigenvalue weighted by Gasteiger charge is 2.13. The van der Waals surface area contributed by atoms with Gasteiger partial charge in [-0.3, -0.25) is 0 Å². The molecule has 23 heavy (non-hydrogen) atoms. The Morgan fingerprint density at radius 1 is 1.26 bits per heavy atom. The molecular weight excluding hydrogens is 298 g/mol. The predicted molar refractivity (Wildman–Crippen MR) is 83.1 cm³/mol. The summed E-state index contributed by atoms with van der Waals surface area (Å²) in [5.74, 6) is 0.269. The van der Waals surface area contributed by atoms with E-state index in [-0.39, 0.29) is 5.56 Å². The number of aromatic nitrogens is 3. The fraction of sp³-hybridized carbons (Fsp3) is 0.188. The van der Waals surface area contributed by atoms with Gasteiger partial charge in [0.25, 0.3) is 0 Å². The number of carboxylic acid groups (broad SMARTS) is 1. The summed E-state index contributed by atoms with van der Waals surface area (Å²) in [4.78, 5) is 15.2. The zero-order valence-electron chi connectivity index (χ0n) is 12.7. The van der Waals surface area contributed by atoms with E-state index in [1.165, 1.54) is 6.20 Å². The van der Waals surface area contributed by atoms with E-state index in [0.29, 0.717) is 29.1 Å². The molecule has 0 saturated carbocycles. The van der Waals surface area contributed by atoms with Crippen molar-refractivity contribution < 1.29 is 19.4 Å². The summed E-state index contributed by atoms with van der Waals surface area (Å²) >= 11 is 0. The molecule has 1 aromatic carbocycles. The molecule has 2 aromatic heterocycles. The fourth-order valence-corrected chi connectivity index (χ4v) is 2.44. The summed E-state index contributed by atoms with van der Waals surface area (Å²) in [7, 11) is 3.17. The van der Waals surface area contributed by atoms with Crippen LogP contribution in [0.2, 0.25) is 0 Å². The number of carbonyl (C=O) groups is 1. The molecule has 0 aliphatic heterocycles. The second-order valence-corrected chi connectivity index (χ2v) is 4.90. The van der Waals surface area contributed by atoms with Crippen molar-refractivity contribution >= 4 is 17.0 Å². The van der Waals surface area contributed by atoms with Crippen LogP contribution < -0.4 is 9.47 Å². The first-order chi connectivity index (χ1) is 11.1. The van der Waals surface area contributed by atoms with Crippen LogP contribution in [0.25, 0.3) is 11.0 Å². The number of para-hydroxylation sites is 1. The monoisotopic (exact) mass is 313 g/mol. The highest BCUT2D eigenvalue weighted by atomic mass is 16.5. The minimum atomic E-state index is -1.01. The van der Waals surface area contributed by atoms with Gasteiger partial charge >= 0.3 is 5.97 Å². The van der Waals surface area contributed by atoms with Gasteiger partial charge in [-0.05, 0) is 12.1 Å². The summed E-state index contributed by atoms with van der Waals surface area (Å²) in [6, 6.07) is 7.16. The molecule has 0 amide bonds. The van der Waals surface area contributed by atoms with Crippen molar-refractivity contribution in [2.24, 2.45) is 0 Å². The molecule has 0 saturated heterocycles. The number of methoxy groups -OCH3 is 2. The van der Waals surface area contributed by atoms with Gasteiger partial charge in [-0.25, -0.2) is 14.5 Å². The maximum Gasteiger partial charge on any atom is 0.337 e. The third-order valence-electron chi connectivity index (χ3n) is 3.53. The average Bonchev–Trinajstić information content (AvgIpc) is 2.96. The smallest absolute Gasteiger partial charge is 0.337 e. The second-order valence-electron chi connectivity index (χ2n) is 4.90. The lowest BCUT2D eigenvalue weighted by molar-refractivity contribution is 0.0696. The van der Waals surface area contributed by atoms with E-state index < -0.39 is 5.97 Å². The zero-order valence-corrected chi connectivity index (χ0v) is 12.7. The van der Waals surface area contributed by atoms with Crippen LogP contribution in [0.1, 0.15) is 15.9 Å². The van der Waals surface area contributed by atoms with Crippen molar-refractivity contribution in [3.8, 4) is 11.5 Å². The van der Waals surface area contributed by atoms with Crippen molar-refractivity contribution in [3.05, 3.63) is 47.8 Å². The second kappa shape index (κ2) is 5.96. The number of rotatable bonds is 5. The number of nitrogens with zero attached hydrogens (tertiary/aromatic N) is 3. The Morgan fingerprint density at radius 3 is 2.78 bits per heavy atom. The lowest BCUT2D eigenvalue weighted by atomic mass is 10.2. The third-order valence-corrected chi connectivity index (χ3v) is 3.53. The van der Waals surface area contributed by atoms with Gasteiger partial charge in [0.15, 0.2) is 17.1 Å². The summed E-state index contributed by atoms with van der Waals surface area (Å²) in [6.07, 6.45) is 2.92. The van der Waals surface area contributed by atoms with Gasteiger partial charge in [0.1, 0.15) is 0 Å². The average molecular weight is 313 g/mol. The number of pyridine rings is 1. The van der Waals surface area contributed by atoms with Crippen molar-refractivity contribution in [3.63, 3.8) is 0 Å². The first-order valence-corrected chi connectivity index (χ1v) is 6.88. The van der Waals surface area contributed by atoms with Gasteiger partial charge in [-0.2, -0.15) is 5.10 Å². The van der Waals surface area contributed by atoms with Gasteiger partial charge in [-0.15, -0.1) is 0 Å². The van der Waals surface area contributed by atoms with E-state index >= 15 is 0 Å². The molecule has 2 heterocycles. The number of aromatic carboxylic acids is 1. The Balaban J connectivity index is 2.01. The van der Waals surface area contributed by atoms with Crippen LogP contribution in [0.15, 0.2) is 36.7 Å². The van der Waals surface area contributed by atoms with Crippen LogP contribution >= 0.6 is 0 Å². The highest BCUT2D eigenvalue weighted by Crippen LogP contribution is 2.31. The molecule has 3 aromatic rings. The number of carboxylic acids is 1. The molecule has 1 N–H and O–H groups in total. The number of hydrogen-bond acceptors (Lipinski definition) is 5. The Bertz CT molecular complexity index is 873. The van der Waals surface area contributed by atoms with Gasteiger partial charge in [0.05, 0.1) is 32.5 Å². The van der Waals surface area contributed by atoms with Crippen molar-refractivity contribution in [1.29, 1.82) is 0 Å². The number of fused-ring (bicyclic) bond motifs is 1. The SMILES string of the molecule is COc1cccc(Cn2ncc3cc(C(=O)O)cnc32)c1OC. The van der Waals surface area contributed by atoms with Crippen LogP contribution in [-0.2, 0) is 6.54 Å². The van der Waals surface area contributed by atoms with Gasteiger partial charge < -0.3 is 14.6 Å².